The van der Waals surface area contributed by atoms with Crippen molar-refractivity contribution in [3.05, 3.63) is 65.5 Å². The van der Waals surface area contributed by atoms with Crippen molar-refractivity contribution in [3.8, 4) is 6.07 Å². The van der Waals surface area contributed by atoms with E-state index in [1.807, 2.05) is 23.1 Å². The molecule has 1 atom stereocenters. The molecular weight excluding hydrogens is 312 g/mol. The van der Waals surface area contributed by atoms with Gasteiger partial charge in [-0.05, 0) is 68.8 Å². The highest BCUT2D eigenvalue weighted by Crippen LogP contribution is 2.19. The zero-order valence-electron chi connectivity index (χ0n) is 14.2. The summed E-state index contributed by atoms with van der Waals surface area (Å²) in [5, 5.41) is 12.3. The number of nitrogens with zero attached hydrogens (tertiary/aromatic N) is 3. The van der Waals surface area contributed by atoms with Crippen LogP contribution in [0.15, 0.2) is 48.7 Å². The quantitative estimate of drug-likeness (QED) is 0.933. The number of amides is 1. The number of pyridine rings is 1. The first-order valence-corrected chi connectivity index (χ1v) is 8.69. The summed E-state index contributed by atoms with van der Waals surface area (Å²) >= 11 is 0. The number of hydrogen-bond donors (Lipinski definition) is 1. The van der Waals surface area contributed by atoms with E-state index in [-0.39, 0.29) is 11.9 Å². The van der Waals surface area contributed by atoms with Gasteiger partial charge in [-0.25, -0.2) is 0 Å². The summed E-state index contributed by atoms with van der Waals surface area (Å²) in [7, 11) is 0. The molecule has 5 heteroatoms. The molecule has 0 spiro atoms. The summed E-state index contributed by atoms with van der Waals surface area (Å²) in [6.45, 7) is 2.42. The third-order valence-electron chi connectivity index (χ3n) is 4.57. The molecule has 1 amide bonds. The predicted octanol–water partition coefficient (Wildman–Crippen LogP) is 2.74. The molecule has 2 aromatic rings. The van der Waals surface area contributed by atoms with Crippen LogP contribution in [-0.2, 0) is 6.54 Å². The molecule has 0 bridgehead atoms. The van der Waals surface area contributed by atoms with Gasteiger partial charge in [0.15, 0.2) is 0 Å². The molecule has 0 unspecified atom stereocenters. The number of nitriles is 1. The Hall–Kier alpha value is -2.71. The van der Waals surface area contributed by atoms with Crippen molar-refractivity contribution in [2.75, 3.05) is 13.1 Å². The average Bonchev–Trinajstić information content (AvgIpc) is 2.96. The van der Waals surface area contributed by atoms with E-state index in [0.29, 0.717) is 17.7 Å². The van der Waals surface area contributed by atoms with Crippen molar-refractivity contribution in [1.82, 2.24) is 15.2 Å². The molecule has 25 heavy (non-hydrogen) atoms. The summed E-state index contributed by atoms with van der Waals surface area (Å²) in [5.41, 5.74) is 2.07. The van der Waals surface area contributed by atoms with E-state index in [2.05, 4.69) is 16.4 Å². The van der Waals surface area contributed by atoms with E-state index in [4.69, 9.17) is 5.26 Å². The average molecular weight is 334 g/mol. The second-order valence-electron chi connectivity index (χ2n) is 6.28. The van der Waals surface area contributed by atoms with E-state index in [9.17, 15) is 4.79 Å². The Bertz CT molecular complexity index is 729. The Kier molecular flexibility index (Phi) is 5.76. The number of carbonyl (C=O) groups excluding carboxylic acids is 1. The molecule has 1 saturated heterocycles. The molecular formula is C20H22N4O. The highest BCUT2D eigenvalue weighted by Gasteiger charge is 2.26. The first kappa shape index (κ1) is 17.1. The monoisotopic (exact) mass is 334 g/mol. The van der Waals surface area contributed by atoms with Crippen LogP contribution in [0.1, 0.15) is 40.9 Å². The van der Waals surface area contributed by atoms with Crippen LogP contribution in [0.2, 0.25) is 0 Å². The number of aromatic nitrogens is 1. The molecule has 128 valence electrons. The van der Waals surface area contributed by atoms with Crippen molar-refractivity contribution in [1.29, 1.82) is 5.26 Å². The maximum absolute atomic E-state index is 13.2. The molecule has 1 N–H and O–H groups in total. The number of nitrogens with one attached hydrogen (secondary N) is 1. The number of hydrogen-bond acceptors (Lipinski definition) is 4. The predicted molar refractivity (Wildman–Crippen MR) is 95.8 cm³/mol. The van der Waals surface area contributed by atoms with Gasteiger partial charge in [0.25, 0.3) is 5.91 Å². The first-order chi connectivity index (χ1) is 12.3. The minimum Gasteiger partial charge on any atom is -0.330 e. The van der Waals surface area contributed by atoms with Gasteiger partial charge in [0.1, 0.15) is 0 Å². The van der Waals surface area contributed by atoms with E-state index in [0.717, 1.165) is 38.0 Å². The second-order valence-corrected chi connectivity index (χ2v) is 6.28. The van der Waals surface area contributed by atoms with E-state index in [1.165, 1.54) is 0 Å². The van der Waals surface area contributed by atoms with Gasteiger partial charge in [-0.2, -0.15) is 5.26 Å². The lowest BCUT2D eigenvalue weighted by Gasteiger charge is -2.31. The van der Waals surface area contributed by atoms with E-state index >= 15 is 0 Å². The third-order valence-corrected chi connectivity index (χ3v) is 4.57. The van der Waals surface area contributed by atoms with E-state index < -0.39 is 0 Å². The molecule has 1 fully saturated rings. The highest BCUT2D eigenvalue weighted by atomic mass is 16.2. The van der Waals surface area contributed by atoms with Crippen LogP contribution in [-0.4, -0.2) is 34.9 Å². The fraction of sp³-hybridized carbons (Fsp3) is 0.350. The molecule has 1 aliphatic heterocycles. The maximum Gasteiger partial charge on any atom is 0.254 e. The Morgan fingerprint density at radius 3 is 2.76 bits per heavy atom. The summed E-state index contributed by atoms with van der Waals surface area (Å²) in [5.74, 6) is 0.00189. The minimum atomic E-state index is 0.00189. The van der Waals surface area contributed by atoms with Gasteiger partial charge >= 0.3 is 0 Å². The standard InChI is InChI=1S/C20H22N4O/c21-14-16-6-8-17(9-7-16)20(25)24(15-18-4-1-2-12-23-18)19-5-3-11-22-13-10-19/h1-2,4,6-9,12,19,22H,3,5,10-11,13,15H2/t19-/m1/s1. The molecule has 0 aliphatic carbocycles. The van der Waals surface area contributed by atoms with Crippen molar-refractivity contribution >= 4 is 5.91 Å². The number of benzene rings is 1. The van der Waals surface area contributed by atoms with Crippen LogP contribution in [0.5, 0.6) is 0 Å². The van der Waals surface area contributed by atoms with Crippen LogP contribution in [0.4, 0.5) is 0 Å². The van der Waals surface area contributed by atoms with Gasteiger partial charge in [0, 0.05) is 17.8 Å². The molecule has 3 rings (SSSR count). The van der Waals surface area contributed by atoms with Gasteiger partial charge in [-0.3, -0.25) is 9.78 Å². The molecule has 0 saturated carbocycles. The largest absolute Gasteiger partial charge is 0.330 e. The third kappa shape index (κ3) is 4.43. The minimum absolute atomic E-state index is 0.00189. The molecule has 2 heterocycles. The van der Waals surface area contributed by atoms with Gasteiger partial charge in [-0.15, -0.1) is 0 Å². The Balaban J connectivity index is 1.85. The van der Waals surface area contributed by atoms with Gasteiger partial charge in [0.2, 0.25) is 0 Å². The molecule has 1 aliphatic rings. The van der Waals surface area contributed by atoms with Crippen LogP contribution < -0.4 is 5.32 Å². The van der Waals surface area contributed by atoms with Crippen molar-refractivity contribution in [2.24, 2.45) is 0 Å². The molecule has 1 aromatic carbocycles. The van der Waals surface area contributed by atoms with E-state index in [1.54, 1.807) is 30.5 Å². The topological polar surface area (TPSA) is 69.0 Å². The summed E-state index contributed by atoms with van der Waals surface area (Å²) in [4.78, 5) is 19.5. The smallest absolute Gasteiger partial charge is 0.254 e. The highest BCUT2D eigenvalue weighted by molar-refractivity contribution is 5.94. The zero-order chi connectivity index (χ0) is 17.5. The summed E-state index contributed by atoms with van der Waals surface area (Å²) in [6.07, 6.45) is 4.75. The van der Waals surface area contributed by atoms with Gasteiger partial charge in [-0.1, -0.05) is 6.07 Å². The Labute approximate surface area is 148 Å². The van der Waals surface area contributed by atoms with Crippen LogP contribution in [0.25, 0.3) is 0 Å². The van der Waals surface area contributed by atoms with Crippen LogP contribution in [0, 0.1) is 11.3 Å². The lowest BCUT2D eigenvalue weighted by atomic mass is 10.0. The van der Waals surface area contributed by atoms with Crippen molar-refractivity contribution < 1.29 is 4.79 Å². The van der Waals surface area contributed by atoms with Crippen LogP contribution >= 0.6 is 0 Å². The molecule has 1 aromatic heterocycles. The maximum atomic E-state index is 13.2. The summed E-state index contributed by atoms with van der Waals surface area (Å²) in [6, 6.07) is 14.9. The van der Waals surface area contributed by atoms with Gasteiger partial charge < -0.3 is 10.2 Å². The fourth-order valence-corrected chi connectivity index (χ4v) is 3.20. The fourth-order valence-electron chi connectivity index (χ4n) is 3.20. The second kappa shape index (κ2) is 8.41. The van der Waals surface area contributed by atoms with Crippen molar-refractivity contribution in [2.45, 2.75) is 31.8 Å². The Morgan fingerprint density at radius 2 is 2.04 bits per heavy atom. The zero-order valence-corrected chi connectivity index (χ0v) is 14.2. The first-order valence-electron chi connectivity index (χ1n) is 8.69. The normalized spacial score (nSPS) is 17.3. The van der Waals surface area contributed by atoms with Gasteiger partial charge in [0.05, 0.1) is 23.9 Å². The lowest BCUT2D eigenvalue weighted by Crippen LogP contribution is -2.40. The number of carbonyl (C=O) groups is 1. The number of rotatable bonds is 4. The molecule has 0 radical (unpaired) electrons. The molecule has 5 nitrogen and oxygen atoms in total. The SMILES string of the molecule is N#Cc1ccc(C(=O)N(Cc2ccccn2)[C@@H]2CCCNCC2)cc1. The summed E-state index contributed by atoms with van der Waals surface area (Å²) < 4.78 is 0. The van der Waals surface area contributed by atoms with Crippen LogP contribution in [0.3, 0.4) is 0 Å². The van der Waals surface area contributed by atoms with Crippen molar-refractivity contribution in [3.63, 3.8) is 0 Å². The lowest BCUT2D eigenvalue weighted by molar-refractivity contribution is 0.0642. The Morgan fingerprint density at radius 1 is 1.20 bits per heavy atom.